The number of hydrogen-bond donors (Lipinski definition) is 1. The first-order valence-electron chi connectivity index (χ1n) is 10.4. The summed E-state index contributed by atoms with van der Waals surface area (Å²) in [6, 6.07) is 15.6. The van der Waals surface area contributed by atoms with Crippen molar-refractivity contribution in [2.45, 2.75) is 13.5 Å². The lowest BCUT2D eigenvalue weighted by atomic mass is 10.1. The highest BCUT2D eigenvalue weighted by atomic mass is 35.5. The van der Waals surface area contributed by atoms with E-state index in [1.807, 2.05) is 19.1 Å². The molecule has 0 radical (unpaired) electrons. The van der Waals surface area contributed by atoms with Crippen LogP contribution < -0.4 is 5.32 Å². The van der Waals surface area contributed by atoms with Gasteiger partial charge in [-0.05, 0) is 49.4 Å². The molecule has 33 heavy (non-hydrogen) atoms. The average molecular weight is 461 g/mol. The summed E-state index contributed by atoms with van der Waals surface area (Å²) >= 11 is 6.35. The topological polar surface area (TPSA) is 85.6 Å². The molecule has 5 aromatic rings. The summed E-state index contributed by atoms with van der Waals surface area (Å²) in [5.74, 6) is -0.598. The lowest BCUT2D eigenvalue weighted by molar-refractivity contribution is 0.0956. The number of nitrogens with zero attached hydrogens (tertiary/aromatic N) is 5. The number of benzene rings is 2. The fourth-order valence-electron chi connectivity index (χ4n) is 3.72. The number of rotatable bonds is 5. The number of amides is 1. The molecule has 1 N–H and O–H groups in total. The summed E-state index contributed by atoms with van der Waals surface area (Å²) < 4.78 is 16.2. The van der Waals surface area contributed by atoms with E-state index in [2.05, 4.69) is 20.6 Å². The van der Waals surface area contributed by atoms with Crippen LogP contribution in [0.4, 0.5) is 4.39 Å². The Labute approximate surface area is 193 Å². The summed E-state index contributed by atoms with van der Waals surface area (Å²) in [6.07, 6.45) is 1.63. The standard InChI is InChI=1S/C24H18ClFN6O/c1-2-27-24(33)16-7-5-15(12-18(16)25)20-9-10-21-23(29-20)32(31-30-21)13-17-19(26)8-6-14-4-3-11-28-22(14)17/h3-12H,2,13H2,1H3,(H,27,33). The van der Waals surface area contributed by atoms with Gasteiger partial charge < -0.3 is 5.32 Å². The zero-order valence-corrected chi connectivity index (χ0v) is 18.3. The van der Waals surface area contributed by atoms with Crippen molar-refractivity contribution in [1.82, 2.24) is 30.3 Å². The molecule has 0 fully saturated rings. The summed E-state index contributed by atoms with van der Waals surface area (Å²) in [7, 11) is 0. The van der Waals surface area contributed by atoms with Gasteiger partial charge in [-0.1, -0.05) is 28.9 Å². The molecule has 0 saturated heterocycles. The third-order valence-electron chi connectivity index (χ3n) is 5.34. The predicted octanol–water partition coefficient (Wildman–Crippen LogP) is 4.63. The van der Waals surface area contributed by atoms with E-state index in [0.717, 1.165) is 10.9 Å². The number of pyridine rings is 2. The molecule has 0 spiro atoms. The second kappa shape index (κ2) is 8.55. The Hall–Kier alpha value is -3.91. The number of nitrogens with one attached hydrogen (secondary N) is 1. The molecule has 3 aromatic heterocycles. The predicted molar refractivity (Wildman–Crippen MR) is 125 cm³/mol. The van der Waals surface area contributed by atoms with E-state index in [4.69, 9.17) is 16.6 Å². The number of halogens is 2. The Kier molecular flexibility index (Phi) is 5.43. The molecule has 0 bridgehead atoms. The van der Waals surface area contributed by atoms with Gasteiger partial charge in [-0.3, -0.25) is 9.78 Å². The van der Waals surface area contributed by atoms with Crippen LogP contribution in [0.5, 0.6) is 0 Å². The number of carbonyl (C=O) groups is 1. The van der Waals surface area contributed by atoms with E-state index in [0.29, 0.717) is 45.1 Å². The van der Waals surface area contributed by atoms with Gasteiger partial charge in [-0.2, -0.15) is 0 Å². The smallest absolute Gasteiger partial charge is 0.252 e. The third-order valence-corrected chi connectivity index (χ3v) is 5.65. The maximum absolute atomic E-state index is 14.7. The van der Waals surface area contributed by atoms with Gasteiger partial charge in [0.2, 0.25) is 0 Å². The van der Waals surface area contributed by atoms with Crippen molar-refractivity contribution in [3.05, 3.63) is 82.8 Å². The van der Waals surface area contributed by atoms with Gasteiger partial charge in [0.1, 0.15) is 11.3 Å². The van der Waals surface area contributed by atoms with Gasteiger partial charge in [-0.15, -0.1) is 5.10 Å². The molecule has 2 aromatic carbocycles. The molecule has 0 aliphatic heterocycles. The molecule has 0 atom stereocenters. The number of carbonyl (C=O) groups excluding carboxylic acids is 1. The number of hydrogen-bond acceptors (Lipinski definition) is 5. The average Bonchev–Trinajstić information content (AvgIpc) is 3.23. The van der Waals surface area contributed by atoms with E-state index in [1.54, 1.807) is 47.3 Å². The highest BCUT2D eigenvalue weighted by Gasteiger charge is 2.15. The zero-order valence-electron chi connectivity index (χ0n) is 17.6. The van der Waals surface area contributed by atoms with Crippen LogP contribution in [0.15, 0.2) is 60.8 Å². The maximum atomic E-state index is 14.7. The highest BCUT2D eigenvalue weighted by Crippen LogP contribution is 2.27. The van der Waals surface area contributed by atoms with Crippen LogP contribution in [0, 0.1) is 5.82 Å². The third kappa shape index (κ3) is 3.89. The van der Waals surface area contributed by atoms with E-state index in [1.165, 1.54) is 6.07 Å². The second-order valence-corrected chi connectivity index (χ2v) is 7.85. The summed E-state index contributed by atoms with van der Waals surface area (Å²) in [5.41, 5.74) is 3.84. The molecule has 0 aliphatic rings. The first kappa shape index (κ1) is 21.0. The fourth-order valence-corrected chi connectivity index (χ4v) is 3.98. The first-order valence-corrected chi connectivity index (χ1v) is 10.7. The minimum atomic E-state index is -0.367. The number of fused-ring (bicyclic) bond motifs is 2. The lowest BCUT2D eigenvalue weighted by Crippen LogP contribution is -2.22. The van der Waals surface area contributed by atoms with Gasteiger partial charge in [0.05, 0.1) is 28.3 Å². The molecular weight excluding hydrogens is 443 g/mol. The van der Waals surface area contributed by atoms with Crippen LogP contribution in [-0.2, 0) is 6.54 Å². The van der Waals surface area contributed by atoms with Crippen LogP contribution in [0.3, 0.4) is 0 Å². The molecule has 0 unspecified atom stereocenters. The van der Waals surface area contributed by atoms with E-state index in [-0.39, 0.29) is 18.3 Å². The van der Waals surface area contributed by atoms with Crippen LogP contribution in [0.2, 0.25) is 5.02 Å². The Bertz CT molecular complexity index is 1520. The van der Waals surface area contributed by atoms with Crippen molar-refractivity contribution in [1.29, 1.82) is 0 Å². The van der Waals surface area contributed by atoms with Gasteiger partial charge in [0.25, 0.3) is 5.91 Å². The van der Waals surface area contributed by atoms with Gasteiger partial charge in [-0.25, -0.2) is 14.1 Å². The normalized spacial score (nSPS) is 11.2. The summed E-state index contributed by atoms with van der Waals surface area (Å²) in [4.78, 5) is 21.2. The molecule has 164 valence electrons. The van der Waals surface area contributed by atoms with E-state index < -0.39 is 0 Å². The maximum Gasteiger partial charge on any atom is 0.252 e. The minimum absolute atomic E-state index is 0.129. The van der Waals surface area contributed by atoms with Crippen LogP contribution in [0.25, 0.3) is 33.3 Å². The van der Waals surface area contributed by atoms with Crippen molar-refractivity contribution in [3.8, 4) is 11.3 Å². The van der Waals surface area contributed by atoms with Gasteiger partial charge in [0, 0.05) is 29.3 Å². The molecule has 5 rings (SSSR count). The monoisotopic (exact) mass is 460 g/mol. The van der Waals surface area contributed by atoms with Crippen molar-refractivity contribution < 1.29 is 9.18 Å². The molecule has 1 amide bonds. The molecule has 3 heterocycles. The molecule has 0 saturated carbocycles. The largest absolute Gasteiger partial charge is 0.352 e. The van der Waals surface area contributed by atoms with Crippen molar-refractivity contribution >= 4 is 39.6 Å². The van der Waals surface area contributed by atoms with E-state index >= 15 is 0 Å². The molecule has 0 aliphatic carbocycles. The lowest BCUT2D eigenvalue weighted by Gasteiger charge is -2.09. The quantitative estimate of drug-likeness (QED) is 0.413. The Balaban J connectivity index is 1.54. The zero-order chi connectivity index (χ0) is 22.9. The number of aromatic nitrogens is 5. The molecular formula is C24H18ClFN6O. The van der Waals surface area contributed by atoms with E-state index in [9.17, 15) is 9.18 Å². The van der Waals surface area contributed by atoms with Crippen LogP contribution in [0.1, 0.15) is 22.8 Å². The van der Waals surface area contributed by atoms with Crippen molar-refractivity contribution in [2.75, 3.05) is 6.54 Å². The fraction of sp³-hybridized carbons (Fsp3) is 0.125. The van der Waals surface area contributed by atoms with Crippen molar-refractivity contribution in [2.24, 2.45) is 0 Å². The van der Waals surface area contributed by atoms with Gasteiger partial charge >= 0.3 is 0 Å². The summed E-state index contributed by atoms with van der Waals surface area (Å²) in [6.45, 7) is 2.49. The Morgan fingerprint density at radius 2 is 2.03 bits per heavy atom. The summed E-state index contributed by atoms with van der Waals surface area (Å²) in [5, 5.41) is 12.2. The first-order chi connectivity index (χ1) is 16.0. The van der Waals surface area contributed by atoms with Crippen LogP contribution >= 0.6 is 11.6 Å². The second-order valence-electron chi connectivity index (χ2n) is 7.44. The van der Waals surface area contributed by atoms with Crippen molar-refractivity contribution in [3.63, 3.8) is 0 Å². The molecule has 9 heteroatoms. The highest BCUT2D eigenvalue weighted by molar-refractivity contribution is 6.34. The minimum Gasteiger partial charge on any atom is -0.352 e. The Morgan fingerprint density at radius 1 is 1.15 bits per heavy atom. The Morgan fingerprint density at radius 3 is 2.85 bits per heavy atom. The SMILES string of the molecule is CCNC(=O)c1ccc(-c2ccc3nnn(Cc4c(F)ccc5cccnc45)c3n2)cc1Cl. The molecule has 7 nitrogen and oxygen atoms in total. The van der Waals surface area contributed by atoms with Crippen LogP contribution in [-0.4, -0.2) is 37.4 Å². The van der Waals surface area contributed by atoms with Gasteiger partial charge in [0.15, 0.2) is 5.65 Å².